The smallest absolute Gasteiger partial charge is 0.0326 e. The fourth-order valence-corrected chi connectivity index (χ4v) is 6.14. The van der Waals surface area contributed by atoms with E-state index in [2.05, 4.69) is 27.7 Å². The highest BCUT2D eigenvalue weighted by atomic mass is 14.3. The van der Waals surface area contributed by atoms with Crippen molar-refractivity contribution in [1.82, 2.24) is 0 Å². The molecule has 0 amide bonds. The molecule has 0 aromatic rings. The van der Waals surface area contributed by atoms with Crippen molar-refractivity contribution in [2.24, 2.45) is 5.41 Å². The molecule has 0 aliphatic heterocycles. The molecular weight excluding hydrogens is 432 g/mol. The first kappa shape index (κ1) is 36.0. The Kier molecular flexibility index (Phi) is 29.6. The zero-order valence-electron chi connectivity index (χ0n) is 26.4. The number of hydrogen-bond donors (Lipinski definition) is 0. The minimum absolute atomic E-state index is 0.628. The lowest BCUT2D eigenvalue weighted by Gasteiger charge is -2.30. The van der Waals surface area contributed by atoms with Crippen molar-refractivity contribution >= 4 is 0 Å². The van der Waals surface area contributed by atoms with E-state index >= 15 is 0 Å². The van der Waals surface area contributed by atoms with E-state index in [1.54, 1.807) is 0 Å². The molecule has 0 bridgehead atoms. The molecular formula is C36H74. The van der Waals surface area contributed by atoms with Crippen LogP contribution in [0.4, 0.5) is 0 Å². The molecule has 0 radical (unpaired) electrons. The van der Waals surface area contributed by atoms with Gasteiger partial charge in [-0.15, -0.1) is 0 Å². The Morgan fingerprint density at radius 2 is 0.417 bits per heavy atom. The molecule has 0 rings (SSSR count). The summed E-state index contributed by atoms with van der Waals surface area (Å²) in [6.07, 6.45) is 45.5. The van der Waals surface area contributed by atoms with Crippen molar-refractivity contribution in [3.8, 4) is 0 Å². The summed E-state index contributed by atoms with van der Waals surface area (Å²) in [6.45, 7) is 9.62. The number of unbranched alkanes of at least 4 members (excludes halogenated alkanes) is 25. The van der Waals surface area contributed by atoms with E-state index in [1.807, 2.05) is 0 Å². The molecule has 0 N–H and O–H groups in total. The molecule has 0 saturated carbocycles. The summed E-state index contributed by atoms with van der Waals surface area (Å²) in [7, 11) is 0. The Hall–Kier alpha value is 0. The first-order chi connectivity index (χ1) is 17.7. The van der Waals surface area contributed by atoms with E-state index in [-0.39, 0.29) is 0 Å². The molecule has 0 atom stereocenters. The molecule has 0 nitrogen and oxygen atoms in total. The second kappa shape index (κ2) is 29.6. The van der Waals surface area contributed by atoms with E-state index in [0.29, 0.717) is 5.41 Å². The first-order valence-corrected chi connectivity index (χ1v) is 17.7. The Morgan fingerprint density at radius 1 is 0.250 bits per heavy atom. The van der Waals surface area contributed by atoms with Crippen LogP contribution in [0, 0.1) is 5.41 Å². The molecule has 0 aliphatic carbocycles. The maximum absolute atomic E-state index is 2.66. The summed E-state index contributed by atoms with van der Waals surface area (Å²) in [4.78, 5) is 0. The lowest BCUT2D eigenvalue weighted by Crippen LogP contribution is -2.16. The molecule has 0 aliphatic rings. The van der Waals surface area contributed by atoms with E-state index in [4.69, 9.17) is 0 Å². The molecule has 0 saturated heterocycles. The van der Waals surface area contributed by atoms with Gasteiger partial charge in [-0.3, -0.25) is 0 Å². The van der Waals surface area contributed by atoms with Gasteiger partial charge in [-0.2, -0.15) is 0 Å². The van der Waals surface area contributed by atoms with Gasteiger partial charge in [-0.1, -0.05) is 207 Å². The highest BCUT2D eigenvalue weighted by molar-refractivity contribution is 4.75. The monoisotopic (exact) mass is 507 g/mol. The largest absolute Gasteiger partial charge is 0.0654 e. The van der Waals surface area contributed by atoms with Gasteiger partial charge in [-0.05, 0) is 24.7 Å². The lowest BCUT2D eigenvalue weighted by atomic mass is 9.75. The predicted octanol–water partition coefficient (Wildman–Crippen LogP) is 14.1. The maximum atomic E-state index is 2.66. The van der Waals surface area contributed by atoms with Crippen LogP contribution in [-0.2, 0) is 0 Å². The predicted molar refractivity (Wildman–Crippen MR) is 168 cm³/mol. The van der Waals surface area contributed by atoms with Gasteiger partial charge in [0, 0.05) is 0 Å². The quantitative estimate of drug-likeness (QED) is 0.0820. The van der Waals surface area contributed by atoms with Crippen molar-refractivity contribution in [1.29, 1.82) is 0 Å². The maximum Gasteiger partial charge on any atom is -0.0326 e. The van der Waals surface area contributed by atoms with Gasteiger partial charge in [0.2, 0.25) is 0 Å². The zero-order chi connectivity index (χ0) is 26.4. The summed E-state index contributed by atoms with van der Waals surface area (Å²) >= 11 is 0. The fraction of sp³-hybridized carbons (Fsp3) is 1.00. The summed E-state index contributed by atoms with van der Waals surface area (Å²) in [6, 6.07) is 0. The van der Waals surface area contributed by atoms with Crippen molar-refractivity contribution in [2.75, 3.05) is 0 Å². The molecule has 0 heteroatoms. The van der Waals surface area contributed by atoms with E-state index < -0.39 is 0 Å². The highest BCUT2D eigenvalue weighted by Crippen LogP contribution is 2.37. The summed E-state index contributed by atoms with van der Waals surface area (Å²) in [5.74, 6) is 0. The second-order valence-electron chi connectivity index (χ2n) is 12.9. The third kappa shape index (κ3) is 27.0. The Labute approximate surface area is 232 Å². The van der Waals surface area contributed by atoms with Crippen LogP contribution in [0.5, 0.6) is 0 Å². The molecule has 0 heterocycles. The van der Waals surface area contributed by atoms with Crippen molar-refractivity contribution in [3.05, 3.63) is 0 Å². The van der Waals surface area contributed by atoms with Crippen LogP contribution in [0.15, 0.2) is 0 Å². The lowest BCUT2D eigenvalue weighted by molar-refractivity contribution is 0.222. The summed E-state index contributed by atoms with van der Waals surface area (Å²) in [5, 5.41) is 0. The SMILES string of the molecule is CCCCCCCCCCCCCCC(C)(CCCCCCCCCC)CCCCCCCCCC. The van der Waals surface area contributed by atoms with E-state index in [9.17, 15) is 0 Å². The van der Waals surface area contributed by atoms with Gasteiger partial charge >= 0.3 is 0 Å². The summed E-state index contributed by atoms with van der Waals surface area (Å²) in [5.41, 5.74) is 0.628. The normalized spacial score (nSPS) is 12.0. The Bertz CT molecular complexity index is 363. The van der Waals surface area contributed by atoms with Crippen molar-refractivity contribution in [3.63, 3.8) is 0 Å². The van der Waals surface area contributed by atoms with E-state index in [0.717, 1.165) is 0 Å². The first-order valence-electron chi connectivity index (χ1n) is 17.7. The van der Waals surface area contributed by atoms with Gasteiger partial charge in [0.15, 0.2) is 0 Å². The standard InChI is InChI=1S/C36H74/c1-5-8-11-14-17-20-21-22-23-26-29-32-35-36(4,33-30-27-24-18-15-12-9-6-2)34-31-28-25-19-16-13-10-7-3/h5-35H2,1-4H3. The molecule has 0 aromatic heterocycles. The number of rotatable bonds is 31. The topological polar surface area (TPSA) is 0 Å². The van der Waals surface area contributed by atoms with Gasteiger partial charge in [0.1, 0.15) is 0 Å². The fourth-order valence-electron chi connectivity index (χ4n) is 6.14. The van der Waals surface area contributed by atoms with Crippen LogP contribution in [-0.4, -0.2) is 0 Å². The third-order valence-corrected chi connectivity index (χ3v) is 8.90. The summed E-state index contributed by atoms with van der Waals surface area (Å²) < 4.78 is 0. The Morgan fingerprint density at radius 3 is 0.611 bits per heavy atom. The van der Waals surface area contributed by atoms with E-state index in [1.165, 1.54) is 199 Å². The van der Waals surface area contributed by atoms with Crippen molar-refractivity contribution in [2.45, 2.75) is 227 Å². The minimum Gasteiger partial charge on any atom is -0.0654 e. The average molecular weight is 507 g/mol. The average Bonchev–Trinajstić information content (AvgIpc) is 2.88. The van der Waals surface area contributed by atoms with Crippen LogP contribution in [0.3, 0.4) is 0 Å². The van der Waals surface area contributed by atoms with Crippen LogP contribution >= 0.6 is 0 Å². The van der Waals surface area contributed by atoms with Gasteiger partial charge in [-0.25, -0.2) is 0 Å². The molecule has 0 aromatic carbocycles. The van der Waals surface area contributed by atoms with Gasteiger partial charge < -0.3 is 0 Å². The van der Waals surface area contributed by atoms with Crippen LogP contribution < -0.4 is 0 Å². The van der Waals surface area contributed by atoms with Crippen LogP contribution in [0.2, 0.25) is 0 Å². The van der Waals surface area contributed by atoms with Gasteiger partial charge in [0.25, 0.3) is 0 Å². The molecule has 218 valence electrons. The van der Waals surface area contributed by atoms with Crippen LogP contribution in [0.1, 0.15) is 227 Å². The molecule has 0 unspecified atom stereocenters. The Balaban J connectivity index is 4.00. The molecule has 36 heavy (non-hydrogen) atoms. The number of hydrogen-bond acceptors (Lipinski definition) is 0. The molecule has 0 spiro atoms. The highest BCUT2D eigenvalue weighted by Gasteiger charge is 2.22. The third-order valence-electron chi connectivity index (χ3n) is 8.90. The van der Waals surface area contributed by atoms with Crippen LogP contribution in [0.25, 0.3) is 0 Å². The minimum atomic E-state index is 0.628. The zero-order valence-corrected chi connectivity index (χ0v) is 26.4. The van der Waals surface area contributed by atoms with Gasteiger partial charge in [0.05, 0.1) is 0 Å². The van der Waals surface area contributed by atoms with Crippen molar-refractivity contribution < 1.29 is 0 Å². The molecule has 0 fully saturated rings. The second-order valence-corrected chi connectivity index (χ2v) is 12.9.